The predicted octanol–water partition coefficient (Wildman–Crippen LogP) is 1.63. The zero-order valence-corrected chi connectivity index (χ0v) is 11.2. The van der Waals surface area contributed by atoms with Gasteiger partial charge < -0.3 is 9.84 Å². The molecule has 6 heteroatoms. The van der Waals surface area contributed by atoms with Gasteiger partial charge in [0.1, 0.15) is 5.69 Å². The summed E-state index contributed by atoms with van der Waals surface area (Å²) in [7, 11) is 1.36. The SMILES string of the molecule is COC(O)c1cc(Br)c(=O)n(-c2ccccc2)n1. The van der Waals surface area contributed by atoms with E-state index in [1.54, 1.807) is 24.3 Å². The van der Waals surface area contributed by atoms with Gasteiger partial charge in [-0.05, 0) is 34.1 Å². The Morgan fingerprint density at radius 2 is 2.06 bits per heavy atom. The van der Waals surface area contributed by atoms with Crippen molar-refractivity contribution < 1.29 is 9.84 Å². The van der Waals surface area contributed by atoms with E-state index in [1.807, 2.05) is 6.07 Å². The average molecular weight is 311 g/mol. The Hall–Kier alpha value is -1.50. The molecule has 0 saturated heterocycles. The number of rotatable bonds is 3. The van der Waals surface area contributed by atoms with Gasteiger partial charge in [-0.2, -0.15) is 9.78 Å². The fourth-order valence-electron chi connectivity index (χ4n) is 1.47. The third-order valence-corrected chi connectivity index (χ3v) is 2.93. The molecular formula is C12H11BrN2O3. The third-order valence-electron chi connectivity index (χ3n) is 2.36. The molecule has 0 fully saturated rings. The Balaban J connectivity index is 2.60. The fourth-order valence-corrected chi connectivity index (χ4v) is 1.87. The molecule has 0 aliphatic heterocycles. The highest BCUT2D eigenvalue weighted by molar-refractivity contribution is 9.10. The standard InChI is InChI=1S/C12H11BrN2O3/c1-18-12(17)10-7-9(13)11(16)15(14-10)8-5-3-2-4-6-8/h2-7,12,17H,1H3. The molecule has 2 rings (SSSR count). The molecule has 94 valence electrons. The minimum atomic E-state index is -1.17. The summed E-state index contributed by atoms with van der Waals surface area (Å²) >= 11 is 3.15. The van der Waals surface area contributed by atoms with E-state index in [0.717, 1.165) is 0 Å². The lowest BCUT2D eigenvalue weighted by atomic mass is 10.3. The molecule has 1 unspecified atom stereocenters. The second-order valence-corrected chi connectivity index (χ2v) is 4.41. The van der Waals surface area contributed by atoms with Gasteiger partial charge in [-0.1, -0.05) is 18.2 Å². The topological polar surface area (TPSA) is 64.3 Å². The van der Waals surface area contributed by atoms with Crippen molar-refractivity contribution >= 4 is 15.9 Å². The molecule has 1 N–H and O–H groups in total. The van der Waals surface area contributed by atoms with Crippen LogP contribution in [0.15, 0.2) is 45.7 Å². The maximum atomic E-state index is 12.0. The van der Waals surface area contributed by atoms with Crippen LogP contribution in [0.5, 0.6) is 0 Å². The minimum Gasteiger partial charge on any atom is -0.363 e. The van der Waals surface area contributed by atoms with Crippen molar-refractivity contribution in [2.75, 3.05) is 7.11 Å². The zero-order valence-electron chi connectivity index (χ0n) is 9.58. The van der Waals surface area contributed by atoms with Gasteiger partial charge in [0.25, 0.3) is 5.56 Å². The van der Waals surface area contributed by atoms with Crippen LogP contribution >= 0.6 is 15.9 Å². The maximum Gasteiger partial charge on any atom is 0.285 e. The van der Waals surface area contributed by atoms with E-state index in [9.17, 15) is 9.90 Å². The molecule has 2 aromatic rings. The number of ether oxygens (including phenoxy) is 1. The number of para-hydroxylation sites is 1. The van der Waals surface area contributed by atoms with Crippen molar-refractivity contribution in [2.24, 2.45) is 0 Å². The Bertz CT molecular complexity index is 598. The van der Waals surface area contributed by atoms with Crippen molar-refractivity contribution in [3.05, 3.63) is 56.9 Å². The second-order valence-electron chi connectivity index (χ2n) is 3.56. The maximum absolute atomic E-state index is 12.0. The van der Waals surface area contributed by atoms with Crippen molar-refractivity contribution in [1.82, 2.24) is 9.78 Å². The molecule has 0 saturated carbocycles. The van der Waals surface area contributed by atoms with Gasteiger partial charge in [-0.3, -0.25) is 4.79 Å². The summed E-state index contributed by atoms with van der Waals surface area (Å²) in [6.45, 7) is 0. The average Bonchev–Trinajstić information content (AvgIpc) is 2.41. The summed E-state index contributed by atoms with van der Waals surface area (Å²) in [4.78, 5) is 12.0. The molecule has 0 bridgehead atoms. The highest BCUT2D eigenvalue weighted by Gasteiger charge is 2.13. The van der Waals surface area contributed by atoms with Crippen LogP contribution in [0, 0.1) is 0 Å². The smallest absolute Gasteiger partial charge is 0.285 e. The number of aliphatic hydroxyl groups is 1. The molecule has 18 heavy (non-hydrogen) atoms. The summed E-state index contributed by atoms with van der Waals surface area (Å²) in [6.07, 6.45) is -1.17. The minimum absolute atomic E-state index is 0.257. The molecule has 0 radical (unpaired) electrons. The highest BCUT2D eigenvalue weighted by Crippen LogP contribution is 2.14. The molecule has 0 aliphatic rings. The van der Waals surface area contributed by atoms with Crippen LogP contribution in [0.25, 0.3) is 5.69 Å². The van der Waals surface area contributed by atoms with Crippen molar-refractivity contribution in [3.8, 4) is 5.69 Å². The molecule has 1 atom stereocenters. The first kappa shape index (κ1) is 12.9. The van der Waals surface area contributed by atoms with E-state index in [4.69, 9.17) is 4.74 Å². The molecule has 1 heterocycles. The molecule has 0 amide bonds. The van der Waals surface area contributed by atoms with Crippen LogP contribution < -0.4 is 5.56 Å². The first-order chi connectivity index (χ1) is 8.63. The van der Waals surface area contributed by atoms with E-state index in [-0.39, 0.29) is 11.3 Å². The third kappa shape index (κ3) is 2.50. The summed E-state index contributed by atoms with van der Waals surface area (Å²) < 4.78 is 6.30. The number of nitrogens with zero attached hydrogens (tertiary/aromatic N) is 2. The lowest BCUT2D eigenvalue weighted by Gasteiger charge is -2.11. The van der Waals surface area contributed by atoms with E-state index >= 15 is 0 Å². The first-order valence-electron chi connectivity index (χ1n) is 5.19. The summed E-state index contributed by atoms with van der Waals surface area (Å²) in [6, 6.07) is 10.4. The fraction of sp³-hybridized carbons (Fsp3) is 0.167. The van der Waals surface area contributed by atoms with Crippen LogP contribution in [-0.4, -0.2) is 22.0 Å². The molecule has 0 spiro atoms. The van der Waals surface area contributed by atoms with E-state index in [1.165, 1.54) is 17.9 Å². The molecular weight excluding hydrogens is 300 g/mol. The van der Waals surface area contributed by atoms with Gasteiger partial charge in [0.15, 0.2) is 6.29 Å². The Morgan fingerprint density at radius 1 is 1.39 bits per heavy atom. The van der Waals surface area contributed by atoms with Gasteiger partial charge in [-0.25, -0.2) is 0 Å². The highest BCUT2D eigenvalue weighted by atomic mass is 79.9. The van der Waals surface area contributed by atoms with Crippen LogP contribution in [0.2, 0.25) is 0 Å². The van der Waals surface area contributed by atoms with E-state index in [2.05, 4.69) is 21.0 Å². The number of benzene rings is 1. The number of halogens is 1. The van der Waals surface area contributed by atoms with Crippen LogP contribution in [0.1, 0.15) is 12.0 Å². The lowest BCUT2D eigenvalue weighted by molar-refractivity contribution is -0.0807. The van der Waals surface area contributed by atoms with Gasteiger partial charge in [0, 0.05) is 7.11 Å². The summed E-state index contributed by atoms with van der Waals surface area (Å²) in [5.74, 6) is 0. The lowest BCUT2D eigenvalue weighted by Crippen LogP contribution is -2.24. The number of aliphatic hydroxyl groups excluding tert-OH is 1. The summed E-state index contributed by atoms with van der Waals surface area (Å²) in [5.41, 5.74) is 0.578. The largest absolute Gasteiger partial charge is 0.363 e. The quantitative estimate of drug-likeness (QED) is 0.875. The monoisotopic (exact) mass is 310 g/mol. The molecule has 1 aromatic heterocycles. The van der Waals surface area contributed by atoms with Crippen molar-refractivity contribution in [3.63, 3.8) is 0 Å². The van der Waals surface area contributed by atoms with Crippen LogP contribution in [0.3, 0.4) is 0 Å². The van der Waals surface area contributed by atoms with Crippen LogP contribution in [0.4, 0.5) is 0 Å². The van der Waals surface area contributed by atoms with Crippen molar-refractivity contribution in [2.45, 2.75) is 6.29 Å². The molecule has 5 nitrogen and oxygen atoms in total. The normalized spacial score (nSPS) is 12.4. The van der Waals surface area contributed by atoms with Crippen molar-refractivity contribution in [1.29, 1.82) is 0 Å². The van der Waals surface area contributed by atoms with E-state index < -0.39 is 6.29 Å². The van der Waals surface area contributed by atoms with Gasteiger partial charge in [-0.15, -0.1) is 0 Å². The van der Waals surface area contributed by atoms with Gasteiger partial charge in [0.2, 0.25) is 0 Å². The Kier molecular flexibility index (Phi) is 3.90. The Labute approximate surface area is 112 Å². The first-order valence-corrected chi connectivity index (χ1v) is 5.99. The molecule has 0 aliphatic carbocycles. The van der Waals surface area contributed by atoms with Crippen LogP contribution in [-0.2, 0) is 4.74 Å². The number of aromatic nitrogens is 2. The number of methoxy groups -OCH3 is 1. The summed E-state index contributed by atoms with van der Waals surface area (Å²) in [5, 5.41) is 13.7. The second kappa shape index (κ2) is 5.43. The predicted molar refractivity (Wildman–Crippen MR) is 69.5 cm³/mol. The molecule has 1 aromatic carbocycles. The number of hydrogen-bond acceptors (Lipinski definition) is 4. The van der Waals surface area contributed by atoms with E-state index in [0.29, 0.717) is 10.2 Å². The number of hydrogen-bond donors (Lipinski definition) is 1. The zero-order chi connectivity index (χ0) is 13.1. The van der Waals surface area contributed by atoms with Gasteiger partial charge in [0.05, 0.1) is 10.2 Å². The van der Waals surface area contributed by atoms with Gasteiger partial charge >= 0.3 is 0 Å². The Morgan fingerprint density at radius 3 is 2.67 bits per heavy atom.